The normalized spacial score (nSPS) is 12.5. The molecule has 58 valence electrons. The SMILES string of the molecule is CC(C)(O)C(C)(C)OB=O. The van der Waals surface area contributed by atoms with Crippen LogP contribution in [0.5, 0.6) is 0 Å². The molecule has 0 aromatic carbocycles. The summed E-state index contributed by atoms with van der Waals surface area (Å²) in [6.07, 6.45) is 0. The van der Waals surface area contributed by atoms with Gasteiger partial charge in [-0.15, -0.1) is 0 Å². The summed E-state index contributed by atoms with van der Waals surface area (Å²) >= 11 is 0. The van der Waals surface area contributed by atoms with Gasteiger partial charge in [0.05, 0.1) is 0 Å². The van der Waals surface area contributed by atoms with Gasteiger partial charge in [0.1, 0.15) is 0 Å². The zero-order valence-electron chi connectivity index (χ0n) is 6.84. The minimum absolute atomic E-state index is 0.345. The van der Waals surface area contributed by atoms with Crippen LogP contribution in [0.3, 0.4) is 0 Å². The van der Waals surface area contributed by atoms with Crippen LogP contribution in [0.2, 0.25) is 0 Å². The van der Waals surface area contributed by atoms with Gasteiger partial charge in [-0.2, -0.15) is 0 Å². The monoisotopic (exact) mass is 144 g/mol. The number of hydrogen-bond donors (Lipinski definition) is 1. The van der Waals surface area contributed by atoms with E-state index in [1.54, 1.807) is 27.7 Å². The van der Waals surface area contributed by atoms with Crippen molar-refractivity contribution in [3.05, 3.63) is 0 Å². The van der Waals surface area contributed by atoms with Crippen LogP contribution >= 0.6 is 0 Å². The summed E-state index contributed by atoms with van der Waals surface area (Å²) in [6, 6.07) is 0. The Morgan fingerprint density at radius 3 is 1.80 bits per heavy atom. The van der Waals surface area contributed by atoms with E-state index in [-0.39, 0.29) is 0 Å². The van der Waals surface area contributed by atoms with Crippen LogP contribution in [0.1, 0.15) is 27.7 Å². The van der Waals surface area contributed by atoms with Crippen molar-refractivity contribution >= 4 is 7.35 Å². The minimum atomic E-state index is -1.01. The summed E-state index contributed by atoms with van der Waals surface area (Å²) in [5.41, 5.74) is -1.83. The molecule has 0 aliphatic rings. The van der Waals surface area contributed by atoms with Crippen molar-refractivity contribution in [3.63, 3.8) is 0 Å². The average Bonchev–Trinajstić information content (AvgIpc) is 1.61. The third kappa shape index (κ3) is 2.10. The molecule has 1 N–H and O–H groups in total. The second-order valence-corrected chi connectivity index (χ2v) is 3.28. The predicted molar refractivity (Wildman–Crippen MR) is 37.9 cm³/mol. The Kier molecular flexibility index (Phi) is 2.60. The Labute approximate surface area is 61.7 Å². The zero-order chi connectivity index (χ0) is 8.41. The topological polar surface area (TPSA) is 46.5 Å². The fraction of sp³-hybridized carbons (Fsp3) is 1.00. The van der Waals surface area contributed by atoms with Gasteiger partial charge in [0, 0.05) is 0 Å². The molecular weight excluding hydrogens is 131 g/mol. The first-order valence-corrected chi connectivity index (χ1v) is 3.15. The van der Waals surface area contributed by atoms with Gasteiger partial charge in [-0.25, -0.2) is 0 Å². The van der Waals surface area contributed by atoms with Crippen LogP contribution in [0, 0.1) is 0 Å². The second-order valence-electron chi connectivity index (χ2n) is 3.28. The Morgan fingerprint density at radius 2 is 1.70 bits per heavy atom. The Morgan fingerprint density at radius 1 is 1.30 bits per heavy atom. The molecular formula is C6H13BO3. The first-order chi connectivity index (χ1) is 4.31. The van der Waals surface area contributed by atoms with Crippen molar-refractivity contribution in [2.45, 2.75) is 38.9 Å². The molecule has 0 saturated carbocycles. The maximum absolute atomic E-state index is 9.93. The van der Waals surface area contributed by atoms with Crippen LogP contribution in [-0.4, -0.2) is 23.7 Å². The molecule has 0 saturated heterocycles. The quantitative estimate of drug-likeness (QED) is 0.587. The first kappa shape index (κ1) is 9.62. The number of hydrogen-bond acceptors (Lipinski definition) is 3. The van der Waals surface area contributed by atoms with Gasteiger partial charge in [-0.3, -0.25) is 0 Å². The van der Waals surface area contributed by atoms with E-state index in [1.165, 1.54) is 0 Å². The van der Waals surface area contributed by atoms with E-state index in [1.807, 2.05) is 0 Å². The molecule has 0 spiro atoms. The van der Waals surface area contributed by atoms with E-state index in [4.69, 9.17) is 0 Å². The van der Waals surface area contributed by atoms with E-state index in [2.05, 4.69) is 4.65 Å². The molecule has 0 aliphatic carbocycles. The molecule has 0 radical (unpaired) electrons. The van der Waals surface area contributed by atoms with Gasteiger partial charge < -0.3 is 0 Å². The molecule has 4 heteroatoms. The van der Waals surface area contributed by atoms with Crippen molar-refractivity contribution in [2.75, 3.05) is 0 Å². The Balaban J connectivity index is 4.23. The van der Waals surface area contributed by atoms with Crippen LogP contribution in [0.4, 0.5) is 0 Å². The summed E-state index contributed by atoms with van der Waals surface area (Å²) in [6.45, 7) is 6.50. The number of rotatable bonds is 3. The fourth-order valence-electron chi connectivity index (χ4n) is 0.264. The van der Waals surface area contributed by atoms with E-state index >= 15 is 0 Å². The standard InChI is InChI=1S/C6H13BO3/c1-5(2,8)6(3,4)10-7-9/h8H,1-4H3. The first-order valence-electron chi connectivity index (χ1n) is 3.15. The predicted octanol–water partition coefficient (Wildman–Crippen LogP) is 0.517. The summed E-state index contributed by atoms with van der Waals surface area (Å²) in [5, 5.41) is 9.39. The van der Waals surface area contributed by atoms with Gasteiger partial charge in [-0.1, -0.05) is 0 Å². The summed E-state index contributed by atoms with van der Waals surface area (Å²) in [5.74, 6) is 0. The molecule has 0 unspecified atom stereocenters. The molecule has 10 heavy (non-hydrogen) atoms. The van der Waals surface area contributed by atoms with E-state index in [0.717, 1.165) is 0 Å². The summed E-state index contributed by atoms with van der Waals surface area (Å²) in [4.78, 5) is 0. The molecule has 0 heterocycles. The molecule has 0 bridgehead atoms. The molecule has 0 amide bonds. The van der Waals surface area contributed by atoms with Gasteiger partial charge in [0.2, 0.25) is 0 Å². The van der Waals surface area contributed by atoms with Crippen molar-refractivity contribution in [1.82, 2.24) is 0 Å². The van der Waals surface area contributed by atoms with Crippen LogP contribution in [0.15, 0.2) is 0 Å². The molecule has 0 rings (SSSR count). The van der Waals surface area contributed by atoms with Crippen LogP contribution in [0.25, 0.3) is 0 Å². The average molecular weight is 144 g/mol. The van der Waals surface area contributed by atoms with Crippen molar-refractivity contribution < 1.29 is 14.5 Å². The third-order valence-corrected chi connectivity index (χ3v) is 1.82. The molecule has 0 fully saturated rings. The van der Waals surface area contributed by atoms with E-state index in [0.29, 0.717) is 7.35 Å². The molecule has 0 aromatic rings. The molecule has 0 atom stereocenters. The van der Waals surface area contributed by atoms with Crippen molar-refractivity contribution in [3.8, 4) is 0 Å². The van der Waals surface area contributed by atoms with Gasteiger partial charge in [-0.05, 0) is 0 Å². The van der Waals surface area contributed by atoms with Crippen molar-refractivity contribution in [2.24, 2.45) is 0 Å². The second kappa shape index (κ2) is 2.70. The summed E-state index contributed by atoms with van der Waals surface area (Å²) in [7, 11) is 0.345. The zero-order valence-corrected chi connectivity index (χ0v) is 6.84. The molecule has 0 aromatic heterocycles. The van der Waals surface area contributed by atoms with Crippen LogP contribution < -0.4 is 0 Å². The van der Waals surface area contributed by atoms with E-state index < -0.39 is 11.2 Å². The van der Waals surface area contributed by atoms with E-state index in [9.17, 15) is 9.81 Å². The van der Waals surface area contributed by atoms with Crippen molar-refractivity contribution in [1.29, 1.82) is 0 Å². The Bertz CT molecular complexity index is 125. The van der Waals surface area contributed by atoms with Gasteiger partial charge in [0.25, 0.3) is 0 Å². The maximum atomic E-state index is 9.93. The number of aliphatic hydroxyl groups is 1. The third-order valence-electron chi connectivity index (χ3n) is 1.82. The Hall–Kier alpha value is -0.375. The van der Waals surface area contributed by atoms with Gasteiger partial charge >= 0.3 is 60.7 Å². The molecule has 0 aliphatic heterocycles. The summed E-state index contributed by atoms with van der Waals surface area (Å²) < 4.78 is 14.6. The van der Waals surface area contributed by atoms with Crippen LogP contribution in [-0.2, 0) is 9.36 Å². The molecule has 3 nitrogen and oxygen atoms in total. The fourth-order valence-corrected chi connectivity index (χ4v) is 0.264. The van der Waals surface area contributed by atoms with Gasteiger partial charge in [0.15, 0.2) is 0 Å².